The van der Waals surface area contributed by atoms with Crippen LogP contribution in [0.1, 0.15) is 37.1 Å². The molecule has 5 rings (SSSR count). The summed E-state index contributed by atoms with van der Waals surface area (Å²) in [5.41, 5.74) is 7.74. The molecule has 1 saturated heterocycles. The number of para-hydroxylation sites is 1. The van der Waals surface area contributed by atoms with Gasteiger partial charge in [-0.05, 0) is 36.6 Å². The summed E-state index contributed by atoms with van der Waals surface area (Å²) in [6.07, 6.45) is 2.08. The predicted molar refractivity (Wildman–Crippen MR) is 158 cm³/mol. The first-order valence-corrected chi connectivity index (χ1v) is 13.3. The van der Waals surface area contributed by atoms with E-state index in [1.165, 1.54) is 6.20 Å². The number of hydrogen-bond acceptors (Lipinski definition) is 7. The van der Waals surface area contributed by atoms with Gasteiger partial charge in [0.1, 0.15) is 5.82 Å². The van der Waals surface area contributed by atoms with Gasteiger partial charge in [0, 0.05) is 49.1 Å². The third-order valence-corrected chi connectivity index (χ3v) is 6.85. The van der Waals surface area contributed by atoms with E-state index in [2.05, 4.69) is 32.0 Å². The standard InChI is InChI=1S/C31H29N7O3/c1-21(35-29-25(33-2)20-34-31(32)36-29)26-19-23-11-8-10-22(9-6-7-14-27(39)37-15-17-41-18-16-37)28(23)30(40)38(26)24-12-4-3-5-13-24/h3-5,8,10-13,19-21H,7,14-18H2,1H3,(H3,32,34,35,36)/t21-/m0/s1. The third-order valence-electron chi connectivity index (χ3n) is 6.85. The molecule has 10 heteroatoms. The van der Waals surface area contributed by atoms with E-state index in [0.717, 1.165) is 5.39 Å². The van der Waals surface area contributed by atoms with Gasteiger partial charge in [-0.3, -0.25) is 14.2 Å². The summed E-state index contributed by atoms with van der Waals surface area (Å²) in [5, 5.41) is 4.46. The van der Waals surface area contributed by atoms with Crippen LogP contribution in [-0.2, 0) is 9.53 Å². The Labute approximate surface area is 237 Å². The largest absolute Gasteiger partial charge is 0.378 e. The molecule has 3 N–H and O–H groups in total. The molecule has 0 unspecified atom stereocenters. The second-order valence-corrected chi connectivity index (χ2v) is 9.55. The van der Waals surface area contributed by atoms with Crippen molar-refractivity contribution in [3.8, 4) is 17.5 Å². The number of fused-ring (bicyclic) bond motifs is 1. The van der Waals surface area contributed by atoms with Crippen molar-refractivity contribution >= 4 is 34.1 Å². The lowest BCUT2D eigenvalue weighted by Gasteiger charge is -2.26. The summed E-state index contributed by atoms with van der Waals surface area (Å²) >= 11 is 0. The summed E-state index contributed by atoms with van der Waals surface area (Å²) in [6.45, 7) is 11.7. The molecule has 0 aliphatic carbocycles. The van der Waals surface area contributed by atoms with E-state index in [0.29, 0.717) is 67.3 Å². The molecule has 2 aromatic carbocycles. The Kier molecular flexibility index (Phi) is 8.23. The van der Waals surface area contributed by atoms with Gasteiger partial charge in [0.05, 0.1) is 31.2 Å². The van der Waals surface area contributed by atoms with E-state index < -0.39 is 6.04 Å². The Morgan fingerprint density at radius 3 is 2.73 bits per heavy atom. The maximum Gasteiger partial charge on any atom is 0.264 e. The predicted octanol–water partition coefficient (Wildman–Crippen LogP) is 4.08. The van der Waals surface area contributed by atoms with Crippen molar-refractivity contribution in [1.29, 1.82) is 0 Å². The molecule has 0 radical (unpaired) electrons. The van der Waals surface area contributed by atoms with Crippen LogP contribution in [-0.4, -0.2) is 51.6 Å². The van der Waals surface area contributed by atoms with Gasteiger partial charge in [-0.15, -0.1) is 0 Å². The summed E-state index contributed by atoms with van der Waals surface area (Å²) in [7, 11) is 0. The summed E-state index contributed by atoms with van der Waals surface area (Å²) < 4.78 is 6.96. The number of anilines is 2. The van der Waals surface area contributed by atoms with Gasteiger partial charge in [0.2, 0.25) is 17.5 Å². The van der Waals surface area contributed by atoms with Gasteiger partial charge in [0.25, 0.3) is 5.56 Å². The monoisotopic (exact) mass is 547 g/mol. The number of nitrogen functional groups attached to an aromatic ring is 1. The number of carbonyl (C=O) groups is 1. The fraction of sp³-hybridized carbons (Fsp3) is 0.258. The van der Waals surface area contributed by atoms with Gasteiger partial charge in [0.15, 0.2) is 0 Å². The highest BCUT2D eigenvalue weighted by Gasteiger charge is 2.20. The maximum atomic E-state index is 14.2. The molecule has 0 bridgehead atoms. The molecule has 10 nitrogen and oxygen atoms in total. The van der Waals surface area contributed by atoms with Crippen molar-refractivity contribution in [2.45, 2.75) is 25.8 Å². The number of carbonyl (C=O) groups excluding carboxylic acids is 1. The molecule has 1 aliphatic rings. The quantitative estimate of drug-likeness (QED) is 0.276. The van der Waals surface area contributed by atoms with Crippen LogP contribution in [0, 0.1) is 18.4 Å². The summed E-state index contributed by atoms with van der Waals surface area (Å²) in [5.74, 6) is 6.62. The number of nitrogens with two attached hydrogens (primary N) is 1. The maximum absolute atomic E-state index is 14.2. The lowest BCUT2D eigenvalue weighted by Crippen LogP contribution is -2.40. The first kappa shape index (κ1) is 27.4. The Morgan fingerprint density at radius 1 is 1.20 bits per heavy atom. The average molecular weight is 548 g/mol. The number of amides is 1. The van der Waals surface area contributed by atoms with E-state index in [1.54, 1.807) is 9.47 Å². The first-order chi connectivity index (χ1) is 20.0. The van der Waals surface area contributed by atoms with Crippen molar-refractivity contribution in [3.05, 3.63) is 93.8 Å². The minimum absolute atomic E-state index is 0.0425. The SMILES string of the molecule is [C-]#[N+]c1cnc(N)nc1N[C@@H](C)c1cc2cccc(C#CCCC(=O)N3CCOCC3)c2c(=O)n1-c1ccccc1. The van der Waals surface area contributed by atoms with Gasteiger partial charge in [-0.1, -0.05) is 42.2 Å². The van der Waals surface area contributed by atoms with Gasteiger partial charge < -0.3 is 20.7 Å². The highest BCUT2D eigenvalue weighted by molar-refractivity contribution is 5.88. The lowest BCUT2D eigenvalue weighted by atomic mass is 10.0. The summed E-state index contributed by atoms with van der Waals surface area (Å²) in [6, 6.07) is 16.4. The summed E-state index contributed by atoms with van der Waals surface area (Å²) in [4.78, 5) is 40.0. The molecule has 1 aliphatic heterocycles. The molecular weight excluding hydrogens is 518 g/mol. The number of benzene rings is 2. The first-order valence-electron chi connectivity index (χ1n) is 13.3. The Balaban J connectivity index is 1.52. The molecule has 206 valence electrons. The number of pyridine rings is 1. The molecule has 0 spiro atoms. The highest BCUT2D eigenvalue weighted by Crippen LogP contribution is 2.29. The van der Waals surface area contributed by atoms with Crippen LogP contribution in [0.3, 0.4) is 0 Å². The third kappa shape index (κ3) is 6.03. The zero-order chi connectivity index (χ0) is 28.8. The van der Waals surface area contributed by atoms with Crippen LogP contribution in [0.15, 0.2) is 65.6 Å². The Hall–Kier alpha value is -5.19. The van der Waals surface area contributed by atoms with E-state index in [1.807, 2.05) is 61.5 Å². The number of nitrogens with zero attached hydrogens (tertiary/aromatic N) is 5. The highest BCUT2D eigenvalue weighted by atomic mass is 16.5. The van der Waals surface area contributed by atoms with Crippen LogP contribution in [0.25, 0.3) is 21.3 Å². The van der Waals surface area contributed by atoms with Crippen LogP contribution in [0.2, 0.25) is 0 Å². The number of ether oxygens (including phenoxy) is 1. The fourth-order valence-corrected chi connectivity index (χ4v) is 4.80. The van der Waals surface area contributed by atoms with E-state index in [4.69, 9.17) is 17.0 Å². The van der Waals surface area contributed by atoms with Gasteiger partial charge in [-0.2, -0.15) is 0 Å². The molecule has 1 amide bonds. The number of morpholine rings is 1. The van der Waals surface area contributed by atoms with E-state index in [-0.39, 0.29) is 23.1 Å². The van der Waals surface area contributed by atoms with Crippen LogP contribution in [0.4, 0.5) is 17.5 Å². The van der Waals surface area contributed by atoms with Gasteiger partial charge in [-0.25, -0.2) is 14.8 Å². The second-order valence-electron chi connectivity index (χ2n) is 9.55. The molecule has 1 atom stereocenters. The molecule has 4 aromatic rings. The van der Waals surface area contributed by atoms with Crippen LogP contribution in [0.5, 0.6) is 0 Å². The molecule has 0 saturated carbocycles. The van der Waals surface area contributed by atoms with Crippen molar-refractivity contribution < 1.29 is 9.53 Å². The van der Waals surface area contributed by atoms with Crippen LogP contribution < -0.4 is 16.6 Å². The second kappa shape index (κ2) is 12.3. The zero-order valence-corrected chi connectivity index (χ0v) is 22.6. The minimum Gasteiger partial charge on any atom is -0.378 e. The Morgan fingerprint density at radius 2 is 1.98 bits per heavy atom. The van der Waals surface area contributed by atoms with Crippen molar-refractivity contribution in [2.75, 3.05) is 37.4 Å². The average Bonchev–Trinajstić information content (AvgIpc) is 3.00. The number of hydrogen-bond donors (Lipinski definition) is 2. The van der Waals surface area contributed by atoms with Gasteiger partial charge >= 0.3 is 0 Å². The lowest BCUT2D eigenvalue weighted by molar-refractivity contribution is -0.135. The smallest absolute Gasteiger partial charge is 0.264 e. The molecule has 2 aromatic heterocycles. The topological polar surface area (TPSA) is 120 Å². The zero-order valence-electron chi connectivity index (χ0n) is 22.6. The molecule has 41 heavy (non-hydrogen) atoms. The number of nitrogens with one attached hydrogen (secondary N) is 1. The Bertz CT molecular complexity index is 1740. The van der Waals surface area contributed by atoms with E-state index in [9.17, 15) is 9.59 Å². The van der Waals surface area contributed by atoms with Crippen LogP contribution >= 0.6 is 0 Å². The minimum atomic E-state index is -0.428. The molecule has 3 heterocycles. The fourth-order valence-electron chi connectivity index (χ4n) is 4.80. The van der Waals surface area contributed by atoms with Crippen molar-refractivity contribution in [1.82, 2.24) is 19.4 Å². The molecule has 1 fully saturated rings. The molecular formula is C31H29N7O3. The number of rotatable bonds is 6. The van der Waals surface area contributed by atoms with Crippen molar-refractivity contribution in [3.63, 3.8) is 0 Å². The van der Waals surface area contributed by atoms with E-state index >= 15 is 0 Å². The normalized spacial score (nSPS) is 13.6. The number of aromatic nitrogens is 3. The van der Waals surface area contributed by atoms with Crippen molar-refractivity contribution in [2.24, 2.45) is 0 Å².